The SMILES string of the molecule is Cc1cccc(C(=O)NC2=CC=NC(C)C2)c1. The number of hydrogen-bond donors (Lipinski definition) is 1. The summed E-state index contributed by atoms with van der Waals surface area (Å²) < 4.78 is 0. The minimum Gasteiger partial charge on any atom is -0.326 e. The predicted octanol–water partition coefficient (Wildman–Crippen LogP) is 2.47. The van der Waals surface area contributed by atoms with Crippen LogP contribution >= 0.6 is 0 Å². The number of aryl methyl sites for hydroxylation is 1. The largest absolute Gasteiger partial charge is 0.326 e. The van der Waals surface area contributed by atoms with Crippen LogP contribution in [0.1, 0.15) is 29.3 Å². The number of nitrogens with zero attached hydrogens (tertiary/aromatic N) is 1. The lowest BCUT2D eigenvalue weighted by molar-refractivity contribution is 0.0964. The van der Waals surface area contributed by atoms with E-state index in [9.17, 15) is 4.79 Å². The number of carbonyl (C=O) groups excluding carboxylic acids is 1. The zero-order valence-electron chi connectivity index (χ0n) is 10.1. The van der Waals surface area contributed by atoms with E-state index in [1.54, 1.807) is 6.21 Å². The Morgan fingerprint density at radius 1 is 1.47 bits per heavy atom. The van der Waals surface area contributed by atoms with Crippen LogP contribution in [0, 0.1) is 6.92 Å². The third-order valence-corrected chi connectivity index (χ3v) is 2.69. The van der Waals surface area contributed by atoms with Gasteiger partial charge in [-0.2, -0.15) is 0 Å². The maximum Gasteiger partial charge on any atom is 0.255 e. The summed E-state index contributed by atoms with van der Waals surface area (Å²) >= 11 is 0. The smallest absolute Gasteiger partial charge is 0.255 e. The summed E-state index contributed by atoms with van der Waals surface area (Å²) in [5, 5.41) is 2.92. The molecule has 3 heteroatoms. The first-order valence-corrected chi connectivity index (χ1v) is 5.75. The van der Waals surface area contributed by atoms with Gasteiger partial charge in [0.15, 0.2) is 0 Å². The molecule has 1 unspecified atom stereocenters. The van der Waals surface area contributed by atoms with E-state index in [1.807, 2.05) is 44.2 Å². The summed E-state index contributed by atoms with van der Waals surface area (Å²) in [6, 6.07) is 7.82. The van der Waals surface area contributed by atoms with Gasteiger partial charge in [0.25, 0.3) is 5.91 Å². The molecule has 1 aliphatic heterocycles. The first kappa shape index (κ1) is 11.6. The summed E-state index contributed by atoms with van der Waals surface area (Å²) in [7, 11) is 0. The molecule has 0 aromatic heterocycles. The Balaban J connectivity index is 2.07. The van der Waals surface area contributed by atoms with Crippen molar-refractivity contribution in [3.8, 4) is 0 Å². The molecule has 1 heterocycles. The van der Waals surface area contributed by atoms with Crippen molar-refractivity contribution in [2.75, 3.05) is 0 Å². The van der Waals surface area contributed by atoms with Gasteiger partial charge in [-0.15, -0.1) is 0 Å². The first-order chi connectivity index (χ1) is 8.15. The van der Waals surface area contributed by atoms with Crippen LogP contribution in [0.25, 0.3) is 0 Å². The molecule has 0 saturated heterocycles. The first-order valence-electron chi connectivity index (χ1n) is 5.75. The van der Waals surface area contributed by atoms with Gasteiger partial charge in [0.05, 0.1) is 6.04 Å². The van der Waals surface area contributed by atoms with E-state index in [0.29, 0.717) is 5.56 Å². The quantitative estimate of drug-likeness (QED) is 0.830. The number of nitrogens with one attached hydrogen (secondary N) is 1. The van der Waals surface area contributed by atoms with E-state index < -0.39 is 0 Å². The molecule has 88 valence electrons. The van der Waals surface area contributed by atoms with Gasteiger partial charge < -0.3 is 5.32 Å². The number of benzene rings is 1. The highest BCUT2D eigenvalue weighted by Gasteiger charge is 2.11. The second-order valence-corrected chi connectivity index (χ2v) is 4.37. The Labute approximate surface area is 101 Å². The maximum absolute atomic E-state index is 12.0. The zero-order valence-corrected chi connectivity index (χ0v) is 10.1. The van der Waals surface area contributed by atoms with Crippen molar-refractivity contribution in [1.29, 1.82) is 0 Å². The average Bonchev–Trinajstić information content (AvgIpc) is 2.29. The van der Waals surface area contributed by atoms with Crippen LogP contribution < -0.4 is 5.32 Å². The van der Waals surface area contributed by atoms with Crippen LogP contribution in [0.2, 0.25) is 0 Å². The fourth-order valence-corrected chi connectivity index (χ4v) is 1.82. The summed E-state index contributed by atoms with van der Waals surface area (Å²) in [5.41, 5.74) is 2.71. The van der Waals surface area contributed by atoms with Crippen molar-refractivity contribution in [1.82, 2.24) is 5.32 Å². The van der Waals surface area contributed by atoms with Gasteiger partial charge in [-0.25, -0.2) is 0 Å². The topological polar surface area (TPSA) is 41.5 Å². The summed E-state index contributed by atoms with van der Waals surface area (Å²) in [5.74, 6) is -0.0533. The highest BCUT2D eigenvalue weighted by molar-refractivity contribution is 5.96. The third kappa shape index (κ3) is 3.03. The third-order valence-electron chi connectivity index (χ3n) is 2.69. The second-order valence-electron chi connectivity index (χ2n) is 4.37. The van der Waals surface area contributed by atoms with Crippen LogP contribution in [0.15, 0.2) is 41.0 Å². The molecular weight excluding hydrogens is 212 g/mol. The summed E-state index contributed by atoms with van der Waals surface area (Å²) in [6.45, 7) is 4.01. The van der Waals surface area contributed by atoms with Crippen LogP contribution in [0.5, 0.6) is 0 Å². The molecule has 17 heavy (non-hydrogen) atoms. The Morgan fingerprint density at radius 3 is 3.00 bits per heavy atom. The number of aliphatic imine (C=N–C) groups is 1. The van der Waals surface area contributed by atoms with Gasteiger partial charge in [0.1, 0.15) is 0 Å². The lowest BCUT2D eigenvalue weighted by Crippen LogP contribution is -2.26. The van der Waals surface area contributed by atoms with E-state index in [1.165, 1.54) is 0 Å². The highest BCUT2D eigenvalue weighted by Crippen LogP contribution is 2.11. The standard InChI is InChI=1S/C14H16N2O/c1-10-4-3-5-12(8-10)14(17)16-13-6-7-15-11(2)9-13/h3-8,11H,9H2,1-2H3,(H,16,17). The van der Waals surface area contributed by atoms with Crippen molar-refractivity contribution in [3.63, 3.8) is 0 Å². The van der Waals surface area contributed by atoms with Gasteiger partial charge in [0, 0.05) is 23.9 Å². The second kappa shape index (κ2) is 4.95. The Morgan fingerprint density at radius 2 is 2.29 bits per heavy atom. The van der Waals surface area contributed by atoms with Crippen molar-refractivity contribution < 1.29 is 4.79 Å². The van der Waals surface area contributed by atoms with Gasteiger partial charge in [-0.3, -0.25) is 9.79 Å². The molecule has 0 bridgehead atoms. The van der Waals surface area contributed by atoms with Crippen molar-refractivity contribution in [3.05, 3.63) is 47.2 Å². The number of hydrogen-bond acceptors (Lipinski definition) is 2. The molecule has 1 aliphatic rings. The lowest BCUT2D eigenvalue weighted by Gasteiger charge is -2.15. The van der Waals surface area contributed by atoms with Crippen LogP contribution in [0.3, 0.4) is 0 Å². The van der Waals surface area contributed by atoms with Crippen molar-refractivity contribution in [2.24, 2.45) is 4.99 Å². The monoisotopic (exact) mass is 228 g/mol. The average molecular weight is 228 g/mol. The lowest BCUT2D eigenvalue weighted by atomic mass is 10.1. The molecule has 3 nitrogen and oxygen atoms in total. The zero-order chi connectivity index (χ0) is 12.3. The fourth-order valence-electron chi connectivity index (χ4n) is 1.82. The number of dihydropyridines is 1. The van der Waals surface area contributed by atoms with Crippen molar-refractivity contribution >= 4 is 12.1 Å². The van der Waals surface area contributed by atoms with E-state index in [0.717, 1.165) is 17.7 Å². The Hall–Kier alpha value is -1.90. The molecule has 1 N–H and O–H groups in total. The minimum absolute atomic E-state index is 0.0533. The molecule has 0 spiro atoms. The van der Waals surface area contributed by atoms with E-state index in [4.69, 9.17) is 0 Å². The summed E-state index contributed by atoms with van der Waals surface area (Å²) in [6.07, 6.45) is 4.39. The highest BCUT2D eigenvalue weighted by atomic mass is 16.1. The van der Waals surface area contributed by atoms with Crippen LogP contribution in [-0.2, 0) is 0 Å². The molecule has 2 rings (SSSR count). The molecular formula is C14H16N2O. The minimum atomic E-state index is -0.0533. The van der Waals surface area contributed by atoms with E-state index in [2.05, 4.69) is 10.3 Å². The van der Waals surface area contributed by atoms with Gasteiger partial charge in [0.2, 0.25) is 0 Å². The molecule has 0 aliphatic carbocycles. The summed E-state index contributed by atoms with van der Waals surface area (Å²) in [4.78, 5) is 16.2. The number of carbonyl (C=O) groups is 1. The van der Waals surface area contributed by atoms with E-state index >= 15 is 0 Å². The van der Waals surface area contributed by atoms with Gasteiger partial charge >= 0.3 is 0 Å². The molecule has 1 aromatic carbocycles. The molecule has 0 radical (unpaired) electrons. The number of allylic oxidation sites excluding steroid dienone is 1. The van der Waals surface area contributed by atoms with Crippen LogP contribution in [0.4, 0.5) is 0 Å². The normalized spacial score (nSPS) is 18.7. The molecule has 1 amide bonds. The Kier molecular flexibility index (Phi) is 3.38. The Bertz CT molecular complexity index is 489. The van der Waals surface area contributed by atoms with Gasteiger partial charge in [-0.1, -0.05) is 17.7 Å². The maximum atomic E-state index is 12.0. The number of amides is 1. The van der Waals surface area contributed by atoms with E-state index in [-0.39, 0.29) is 11.9 Å². The predicted molar refractivity (Wildman–Crippen MR) is 69.3 cm³/mol. The molecule has 0 fully saturated rings. The fraction of sp³-hybridized carbons (Fsp3) is 0.286. The van der Waals surface area contributed by atoms with Crippen LogP contribution in [-0.4, -0.2) is 18.2 Å². The number of rotatable bonds is 2. The molecule has 1 atom stereocenters. The van der Waals surface area contributed by atoms with Crippen molar-refractivity contribution in [2.45, 2.75) is 26.3 Å². The molecule has 1 aromatic rings. The van der Waals surface area contributed by atoms with Gasteiger partial charge in [-0.05, 0) is 32.1 Å². The molecule has 0 saturated carbocycles.